The Morgan fingerprint density at radius 2 is 1.98 bits per heavy atom. The predicted molar refractivity (Wildman–Crippen MR) is 154 cm³/mol. The zero-order chi connectivity index (χ0) is 30.2. The maximum absolute atomic E-state index is 14.2. The summed E-state index contributed by atoms with van der Waals surface area (Å²) in [4.78, 5) is 47.5. The van der Waals surface area contributed by atoms with E-state index in [9.17, 15) is 22.8 Å². The molecule has 3 saturated heterocycles. The third kappa shape index (κ3) is 6.06. The highest BCUT2D eigenvalue weighted by Crippen LogP contribution is 2.35. The summed E-state index contributed by atoms with van der Waals surface area (Å²) in [5.74, 6) is -0.922. The molecule has 4 atom stereocenters. The number of pyridine rings is 1. The number of aromatic nitrogens is 1. The Kier molecular flexibility index (Phi) is 8.95. The van der Waals surface area contributed by atoms with Crippen LogP contribution in [0.4, 0.5) is 4.79 Å². The molecule has 3 fully saturated rings. The minimum atomic E-state index is -4.36. The molecule has 226 valence electrons. The SMILES string of the molecule is CC(C)N1CC2N(C(=O)C(NC(=O)OC3CCCN3)CN2S(=O)(=O)c2ccc(Cl)cc2Cl)C(Cc2cccnc2)C1=O. The second kappa shape index (κ2) is 12.3. The van der Waals surface area contributed by atoms with E-state index in [1.165, 1.54) is 23.1 Å². The zero-order valence-corrected chi connectivity index (χ0v) is 25.4. The molecule has 2 N–H and O–H groups in total. The Morgan fingerprint density at radius 3 is 2.62 bits per heavy atom. The summed E-state index contributed by atoms with van der Waals surface area (Å²) in [6, 6.07) is 4.86. The lowest BCUT2D eigenvalue weighted by Crippen LogP contribution is -2.76. The molecule has 0 radical (unpaired) electrons. The molecule has 15 heteroatoms. The van der Waals surface area contributed by atoms with E-state index in [-0.39, 0.29) is 39.9 Å². The molecule has 1 aromatic carbocycles. The number of nitrogens with zero attached hydrogens (tertiary/aromatic N) is 4. The van der Waals surface area contributed by atoms with Gasteiger partial charge in [0.05, 0.1) is 11.6 Å². The quantitative estimate of drug-likeness (QED) is 0.470. The first-order chi connectivity index (χ1) is 20.0. The van der Waals surface area contributed by atoms with Gasteiger partial charge in [0.25, 0.3) is 0 Å². The molecule has 0 saturated carbocycles. The number of carbonyl (C=O) groups excluding carboxylic acids is 3. The van der Waals surface area contributed by atoms with Crippen molar-refractivity contribution in [2.75, 3.05) is 19.6 Å². The average molecular weight is 640 g/mol. The van der Waals surface area contributed by atoms with Crippen molar-refractivity contribution in [2.24, 2.45) is 0 Å². The summed E-state index contributed by atoms with van der Waals surface area (Å²) in [6.07, 6.45) is 2.27. The van der Waals surface area contributed by atoms with Crippen LogP contribution >= 0.6 is 23.2 Å². The van der Waals surface area contributed by atoms with Gasteiger partial charge in [0.2, 0.25) is 21.8 Å². The van der Waals surface area contributed by atoms with Gasteiger partial charge in [-0.15, -0.1) is 0 Å². The number of nitrogens with one attached hydrogen (secondary N) is 2. The van der Waals surface area contributed by atoms with E-state index < -0.39 is 53.0 Å². The standard InChI is InChI=1S/C27H32Cl2N6O6S/c1-16(2)33-15-24-34(42(39,40)22-8-7-18(28)12-19(22)29)14-20(32-27(38)41-23-6-4-10-31-23)25(36)35(24)21(26(33)37)11-17-5-3-9-30-13-17/h3,5,7-9,12-13,16,20-21,23-24,31H,4,6,10-11,14-15H2,1-2H3,(H,32,38). The number of hydrogen-bond donors (Lipinski definition) is 2. The van der Waals surface area contributed by atoms with E-state index in [0.29, 0.717) is 18.5 Å². The van der Waals surface area contributed by atoms with E-state index >= 15 is 0 Å². The number of halogens is 2. The highest BCUT2D eigenvalue weighted by Gasteiger charge is 2.54. The fourth-order valence-electron chi connectivity index (χ4n) is 5.59. The lowest BCUT2D eigenvalue weighted by molar-refractivity contribution is -0.168. The molecule has 3 amide bonds. The van der Waals surface area contributed by atoms with E-state index in [1.807, 2.05) is 13.8 Å². The molecule has 4 heterocycles. The molecule has 1 aromatic heterocycles. The van der Waals surface area contributed by atoms with Crippen molar-refractivity contribution in [3.05, 3.63) is 58.3 Å². The summed E-state index contributed by atoms with van der Waals surface area (Å²) < 4.78 is 34.9. The maximum Gasteiger partial charge on any atom is 0.409 e. The number of alkyl carbamates (subject to hydrolysis) is 1. The lowest BCUT2D eigenvalue weighted by atomic mass is 9.97. The number of carbonyl (C=O) groups is 3. The zero-order valence-electron chi connectivity index (χ0n) is 23.1. The Labute approximate surface area is 254 Å². The number of fused-ring (bicyclic) bond motifs is 1. The van der Waals surface area contributed by atoms with Crippen molar-refractivity contribution >= 4 is 51.1 Å². The van der Waals surface area contributed by atoms with Gasteiger partial charge in [-0.3, -0.25) is 19.9 Å². The van der Waals surface area contributed by atoms with Crippen LogP contribution in [0.1, 0.15) is 32.3 Å². The van der Waals surface area contributed by atoms with Crippen molar-refractivity contribution < 1.29 is 27.5 Å². The Hall–Kier alpha value is -2.97. The topological polar surface area (TPSA) is 141 Å². The summed E-state index contributed by atoms with van der Waals surface area (Å²) >= 11 is 12.4. The minimum absolute atomic E-state index is 0.0701. The van der Waals surface area contributed by atoms with Crippen molar-refractivity contribution in [3.8, 4) is 0 Å². The number of benzene rings is 1. The molecule has 3 aliphatic heterocycles. The van der Waals surface area contributed by atoms with E-state index in [4.69, 9.17) is 27.9 Å². The van der Waals surface area contributed by atoms with E-state index in [1.54, 1.807) is 29.4 Å². The van der Waals surface area contributed by atoms with Gasteiger partial charge in [-0.25, -0.2) is 13.2 Å². The first kappa shape index (κ1) is 30.5. The molecule has 0 spiro atoms. The molecule has 42 heavy (non-hydrogen) atoms. The lowest BCUT2D eigenvalue weighted by Gasteiger charge is -2.54. The molecule has 4 unspecified atom stereocenters. The Balaban J connectivity index is 1.56. The van der Waals surface area contributed by atoms with E-state index in [0.717, 1.165) is 10.7 Å². The molecule has 0 bridgehead atoms. The van der Waals surface area contributed by atoms with Gasteiger partial charge in [-0.1, -0.05) is 29.3 Å². The Morgan fingerprint density at radius 1 is 1.19 bits per heavy atom. The maximum atomic E-state index is 14.2. The smallest absolute Gasteiger partial charge is 0.409 e. The van der Waals surface area contributed by atoms with Gasteiger partial charge >= 0.3 is 6.09 Å². The van der Waals surface area contributed by atoms with Gasteiger partial charge in [-0.05, 0) is 63.1 Å². The van der Waals surface area contributed by atoms with Gasteiger partial charge in [0.1, 0.15) is 23.1 Å². The van der Waals surface area contributed by atoms with Gasteiger partial charge in [0, 0.05) is 36.4 Å². The average Bonchev–Trinajstić information content (AvgIpc) is 3.44. The monoisotopic (exact) mass is 638 g/mol. The van der Waals surface area contributed by atoms with Crippen LogP contribution in [0.25, 0.3) is 0 Å². The minimum Gasteiger partial charge on any atom is -0.430 e. The molecule has 0 aliphatic carbocycles. The third-order valence-corrected chi connectivity index (χ3v) is 10.2. The number of hydrogen-bond acceptors (Lipinski definition) is 8. The first-order valence-electron chi connectivity index (χ1n) is 13.7. The predicted octanol–water partition coefficient (Wildman–Crippen LogP) is 2.21. The molecule has 3 aliphatic rings. The molecule has 5 rings (SSSR count). The largest absolute Gasteiger partial charge is 0.430 e. The van der Waals surface area contributed by atoms with Crippen LogP contribution in [0.2, 0.25) is 10.0 Å². The normalized spacial score (nSPS) is 25.1. The molecular weight excluding hydrogens is 607 g/mol. The Bertz CT molecular complexity index is 1460. The highest BCUT2D eigenvalue weighted by molar-refractivity contribution is 7.89. The molecular formula is C27H32Cl2N6O6S. The fraction of sp³-hybridized carbons (Fsp3) is 0.481. The van der Waals surface area contributed by atoms with Crippen LogP contribution in [-0.2, 0) is 30.8 Å². The van der Waals surface area contributed by atoms with Crippen LogP contribution in [-0.4, -0.2) is 95.6 Å². The van der Waals surface area contributed by atoms with E-state index in [2.05, 4.69) is 15.6 Å². The number of amides is 3. The van der Waals surface area contributed by atoms with Gasteiger partial charge < -0.3 is 19.9 Å². The van der Waals surface area contributed by atoms with Crippen LogP contribution in [0, 0.1) is 0 Å². The summed E-state index contributed by atoms with van der Waals surface area (Å²) in [5, 5.41) is 5.74. The van der Waals surface area contributed by atoms with Crippen LogP contribution in [0.5, 0.6) is 0 Å². The third-order valence-electron chi connectivity index (χ3n) is 7.64. The fourth-order valence-corrected chi connectivity index (χ4v) is 7.92. The van der Waals surface area contributed by atoms with Crippen molar-refractivity contribution in [1.29, 1.82) is 0 Å². The van der Waals surface area contributed by atoms with Crippen molar-refractivity contribution in [3.63, 3.8) is 0 Å². The van der Waals surface area contributed by atoms with Crippen LogP contribution < -0.4 is 10.6 Å². The molecule has 2 aromatic rings. The summed E-state index contributed by atoms with van der Waals surface area (Å²) in [7, 11) is -4.36. The van der Waals surface area contributed by atoms with Gasteiger partial charge in [0.15, 0.2) is 6.23 Å². The second-order valence-corrected chi connectivity index (χ2v) is 13.4. The number of rotatable bonds is 7. The molecule has 12 nitrogen and oxygen atoms in total. The van der Waals surface area contributed by atoms with Crippen molar-refractivity contribution in [1.82, 2.24) is 29.7 Å². The van der Waals surface area contributed by atoms with Crippen molar-refractivity contribution in [2.45, 2.75) is 68.5 Å². The number of piperazine rings is 1. The van der Waals surface area contributed by atoms with Gasteiger partial charge in [-0.2, -0.15) is 4.31 Å². The van der Waals surface area contributed by atoms with Crippen LogP contribution in [0.15, 0.2) is 47.6 Å². The highest BCUT2D eigenvalue weighted by atomic mass is 35.5. The first-order valence-corrected chi connectivity index (χ1v) is 15.9. The second-order valence-electron chi connectivity index (χ2n) is 10.7. The summed E-state index contributed by atoms with van der Waals surface area (Å²) in [6.45, 7) is 3.87. The van der Waals surface area contributed by atoms with Crippen LogP contribution in [0.3, 0.4) is 0 Å². The summed E-state index contributed by atoms with van der Waals surface area (Å²) in [5.41, 5.74) is 0.685. The number of ether oxygens (including phenoxy) is 1. The number of sulfonamides is 1.